The van der Waals surface area contributed by atoms with Crippen LogP contribution in [0.4, 0.5) is 0 Å². The maximum Gasteiger partial charge on any atom is 0.136 e. The van der Waals surface area contributed by atoms with E-state index in [4.69, 9.17) is 5.73 Å². The summed E-state index contributed by atoms with van der Waals surface area (Å²) in [5, 5.41) is 3.52. The van der Waals surface area contributed by atoms with Gasteiger partial charge in [-0.2, -0.15) is 0 Å². The summed E-state index contributed by atoms with van der Waals surface area (Å²) >= 11 is 0. The van der Waals surface area contributed by atoms with Gasteiger partial charge in [0.1, 0.15) is 6.29 Å². The highest BCUT2D eigenvalue weighted by atomic mass is 16.1. The van der Waals surface area contributed by atoms with Gasteiger partial charge in [0.25, 0.3) is 0 Å². The van der Waals surface area contributed by atoms with Crippen LogP contribution in [-0.4, -0.2) is 24.4 Å². The van der Waals surface area contributed by atoms with Gasteiger partial charge in [0, 0.05) is 5.54 Å². The molecule has 0 aromatic heterocycles. The van der Waals surface area contributed by atoms with Crippen molar-refractivity contribution in [3.05, 3.63) is 0 Å². The molecule has 0 heterocycles. The van der Waals surface area contributed by atoms with Crippen LogP contribution in [0.25, 0.3) is 0 Å². The molecule has 0 unspecified atom stereocenters. The molecule has 0 aromatic carbocycles. The Kier molecular flexibility index (Phi) is 7.61. The molecule has 0 fully saturated rings. The van der Waals surface area contributed by atoms with Crippen molar-refractivity contribution >= 4 is 6.29 Å². The molecule has 0 saturated heterocycles. The summed E-state index contributed by atoms with van der Waals surface area (Å²) < 4.78 is 0. The Hall–Kier alpha value is -0.410. The monoisotopic (exact) mass is 214 g/mol. The van der Waals surface area contributed by atoms with Gasteiger partial charge in [-0.1, -0.05) is 19.8 Å². The Morgan fingerprint density at radius 2 is 2.07 bits per heavy atom. The van der Waals surface area contributed by atoms with Crippen molar-refractivity contribution in [3.8, 4) is 0 Å². The van der Waals surface area contributed by atoms with E-state index < -0.39 is 0 Å². The number of nitrogens with one attached hydrogen (secondary N) is 1. The van der Waals surface area contributed by atoms with Crippen LogP contribution >= 0.6 is 0 Å². The van der Waals surface area contributed by atoms with Gasteiger partial charge in [0.05, 0.1) is 6.04 Å². The van der Waals surface area contributed by atoms with E-state index in [1.807, 2.05) is 0 Å². The van der Waals surface area contributed by atoms with E-state index in [0.717, 1.165) is 32.1 Å². The predicted molar refractivity (Wildman–Crippen MR) is 64.9 cm³/mol. The second-order valence-electron chi connectivity index (χ2n) is 4.86. The minimum Gasteiger partial charge on any atom is -0.322 e. The van der Waals surface area contributed by atoms with E-state index in [1.165, 1.54) is 12.8 Å². The number of unbranched alkanes of at least 4 members (excludes halogenated alkanes) is 1. The lowest BCUT2D eigenvalue weighted by Crippen LogP contribution is -2.39. The van der Waals surface area contributed by atoms with E-state index in [9.17, 15) is 4.79 Å². The largest absolute Gasteiger partial charge is 0.322 e. The Morgan fingerprint density at radius 3 is 2.60 bits per heavy atom. The first-order chi connectivity index (χ1) is 7.02. The van der Waals surface area contributed by atoms with Crippen molar-refractivity contribution < 1.29 is 4.79 Å². The Balaban J connectivity index is 3.41. The zero-order valence-electron chi connectivity index (χ0n) is 10.4. The quantitative estimate of drug-likeness (QED) is 0.455. The van der Waals surface area contributed by atoms with Gasteiger partial charge in [-0.15, -0.1) is 0 Å². The van der Waals surface area contributed by atoms with E-state index >= 15 is 0 Å². The Morgan fingerprint density at radius 1 is 1.40 bits per heavy atom. The fourth-order valence-electron chi connectivity index (χ4n) is 1.71. The van der Waals surface area contributed by atoms with E-state index in [-0.39, 0.29) is 11.6 Å². The fourth-order valence-corrected chi connectivity index (χ4v) is 1.71. The molecule has 1 atom stereocenters. The van der Waals surface area contributed by atoms with Crippen LogP contribution in [0.5, 0.6) is 0 Å². The zero-order chi connectivity index (χ0) is 11.7. The SMILES string of the molecule is CCCC(C)(C)NCCCC[C@H](N)C=O. The summed E-state index contributed by atoms with van der Waals surface area (Å²) in [5.41, 5.74) is 5.74. The van der Waals surface area contributed by atoms with Gasteiger partial charge < -0.3 is 15.8 Å². The number of hydrogen-bond donors (Lipinski definition) is 2. The average molecular weight is 214 g/mol. The fraction of sp³-hybridized carbons (Fsp3) is 0.917. The molecular formula is C12H26N2O. The molecule has 0 saturated carbocycles. The van der Waals surface area contributed by atoms with E-state index in [1.54, 1.807) is 0 Å². The molecule has 0 aliphatic rings. The number of rotatable bonds is 9. The summed E-state index contributed by atoms with van der Waals surface area (Å²) in [4.78, 5) is 10.3. The van der Waals surface area contributed by atoms with Crippen LogP contribution in [0.2, 0.25) is 0 Å². The van der Waals surface area contributed by atoms with Crippen LogP contribution in [0.15, 0.2) is 0 Å². The molecule has 0 radical (unpaired) electrons. The Labute approximate surface area is 93.8 Å². The van der Waals surface area contributed by atoms with Crippen LogP contribution in [-0.2, 0) is 4.79 Å². The lowest BCUT2D eigenvalue weighted by atomic mass is 9.99. The molecule has 3 heteroatoms. The number of carbonyl (C=O) groups is 1. The van der Waals surface area contributed by atoms with Crippen molar-refractivity contribution in [1.29, 1.82) is 0 Å². The Bertz CT molecular complexity index is 169. The standard InChI is InChI=1S/C12H26N2O/c1-4-8-12(2,3)14-9-6-5-7-11(13)10-15/h10-11,14H,4-9,13H2,1-3H3/t11-/m0/s1. The second kappa shape index (κ2) is 7.83. The van der Waals surface area contributed by atoms with Gasteiger partial charge in [0.2, 0.25) is 0 Å². The molecule has 0 aromatic rings. The molecular weight excluding hydrogens is 188 g/mol. The van der Waals surface area contributed by atoms with Crippen molar-refractivity contribution in [2.24, 2.45) is 5.73 Å². The van der Waals surface area contributed by atoms with E-state index in [0.29, 0.717) is 0 Å². The molecule has 0 amide bonds. The summed E-state index contributed by atoms with van der Waals surface area (Å²) in [6, 6.07) is -0.270. The molecule has 0 rings (SSSR count). The highest BCUT2D eigenvalue weighted by Gasteiger charge is 2.14. The smallest absolute Gasteiger partial charge is 0.136 e. The summed E-state index contributed by atoms with van der Waals surface area (Å²) in [6.45, 7) is 7.67. The molecule has 0 spiro atoms. The summed E-state index contributed by atoms with van der Waals surface area (Å²) in [5.74, 6) is 0. The molecule has 0 aliphatic heterocycles. The first kappa shape index (κ1) is 14.6. The van der Waals surface area contributed by atoms with Crippen molar-refractivity contribution in [2.75, 3.05) is 6.54 Å². The van der Waals surface area contributed by atoms with Gasteiger partial charge in [0.15, 0.2) is 0 Å². The predicted octanol–water partition coefficient (Wildman–Crippen LogP) is 1.85. The number of hydrogen-bond acceptors (Lipinski definition) is 3. The molecule has 0 bridgehead atoms. The molecule has 90 valence electrons. The summed E-state index contributed by atoms with van der Waals surface area (Å²) in [6.07, 6.45) is 6.15. The molecule has 15 heavy (non-hydrogen) atoms. The highest BCUT2D eigenvalue weighted by molar-refractivity contribution is 5.56. The number of aldehydes is 1. The van der Waals surface area contributed by atoms with Gasteiger partial charge in [-0.25, -0.2) is 0 Å². The van der Waals surface area contributed by atoms with Crippen LogP contribution in [0, 0.1) is 0 Å². The number of nitrogens with two attached hydrogens (primary N) is 1. The second-order valence-corrected chi connectivity index (χ2v) is 4.86. The van der Waals surface area contributed by atoms with Crippen molar-refractivity contribution in [2.45, 2.75) is 64.5 Å². The molecule has 0 aliphatic carbocycles. The minimum atomic E-state index is -0.270. The van der Waals surface area contributed by atoms with Crippen molar-refractivity contribution in [1.82, 2.24) is 5.32 Å². The number of carbonyl (C=O) groups excluding carboxylic acids is 1. The summed E-state index contributed by atoms with van der Waals surface area (Å²) in [7, 11) is 0. The van der Waals surface area contributed by atoms with Crippen LogP contribution < -0.4 is 11.1 Å². The molecule has 3 nitrogen and oxygen atoms in total. The zero-order valence-corrected chi connectivity index (χ0v) is 10.4. The minimum absolute atomic E-state index is 0.238. The van der Waals surface area contributed by atoms with Crippen molar-refractivity contribution in [3.63, 3.8) is 0 Å². The maximum atomic E-state index is 10.3. The maximum absolute atomic E-state index is 10.3. The lowest BCUT2D eigenvalue weighted by Gasteiger charge is -2.25. The average Bonchev–Trinajstić information content (AvgIpc) is 2.16. The lowest BCUT2D eigenvalue weighted by molar-refractivity contribution is -0.109. The van der Waals surface area contributed by atoms with Crippen LogP contribution in [0.3, 0.4) is 0 Å². The first-order valence-corrected chi connectivity index (χ1v) is 5.97. The van der Waals surface area contributed by atoms with Crippen LogP contribution in [0.1, 0.15) is 52.9 Å². The third kappa shape index (κ3) is 8.58. The normalized spacial score (nSPS) is 13.9. The van der Waals surface area contributed by atoms with E-state index in [2.05, 4.69) is 26.1 Å². The first-order valence-electron chi connectivity index (χ1n) is 5.97. The third-order valence-corrected chi connectivity index (χ3v) is 2.62. The highest BCUT2D eigenvalue weighted by Crippen LogP contribution is 2.10. The third-order valence-electron chi connectivity index (χ3n) is 2.62. The topological polar surface area (TPSA) is 55.1 Å². The van der Waals surface area contributed by atoms with Gasteiger partial charge >= 0.3 is 0 Å². The van der Waals surface area contributed by atoms with Gasteiger partial charge in [-0.05, 0) is 39.7 Å². The van der Waals surface area contributed by atoms with Gasteiger partial charge in [-0.3, -0.25) is 0 Å². The molecule has 3 N–H and O–H groups in total.